The van der Waals surface area contributed by atoms with Crippen LogP contribution in [0.25, 0.3) is 0 Å². The standard InChI is InChI=1S/C17H23ClFN3O/c1-20-16(22-9-6-17(11-22)7-10-23-12-17)21-8-5-13-14(18)3-2-4-15(13)19/h2-4H,5-12H2,1H3,(H,20,21). The minimum atomic E-state index is -0.252. The summed E-state index contributed by atoms with van der Waals surface area (Å²) in [5.74, 6) is 0.624. The van der Waals surface area contributed by atoms with Crippen LogP contribution in [0, 0.1) is 11.2 Å². The number of nitrogens with zero attached hydrogens (tertiary/aromatic N) is 2. The largest absolute Gasteiger partial charge is 0.381 e. The molecule has 23 heavy (non-hydrogen) atoms. The Balaban J connectivity index is 1.55. The molecule has 0 bridgehead atoms. The van der Waals surface area contributed by atoms with Crippen LogP contribution in [0.15, 0.2) is 23.2 Å². The molecule has 2 saturated heterocycles. The molecule has 4 nitrogen and oxygen atoms in total. The maximum absolute atomic E-state index is 13.8. The number of hydrogen-bond acceptors (Lipinski definition) is 2. The van der Waals surface area contributed by atoms with Crippen molar-refractivity contribution in [3.05, 3.63) is 34.6 Å². The molecular weight excluding hydrogens is 317 g/mol. The topological polar surface area (TPSA) is 36.9 Å². The van der Waals surface area contributed by atoms with Gasteiger partial charge in [-0.3, -0.25) is 4.99 Å². The summed E-state index contributed by atoms with van der Waals surface area (Å²) in [6.07, 6.45) is 2.81. The Morgan fingerprint density at radius 1 is 1.48 bits per heavy atom. The van der Waals surface area contributed by atoms with Crippen molar-refractivity contribution in [2.75, 3.05) is 39.9 Å². The number of aliphatic imine (C=N–C) groups is 1. The van der Waals surface area contributed by atoms with E-state index < -0.39 is 0 Å². The van der Waals surface area contributed by atoms with E-state index >= 15 is 0 Å². The molecular formula is C17H23ClFN3O. The average molecular weight is 340 g/mol. The third-order valence-electron chi connectivity index (χ3n) is 4.85. The van der Waals surface area contributed by atoms with Crippen LogP contribution < -0.4 is 5.32 Å². The minimum Gasteiger partial charge on any atom is -0.381 e. The van der Waals surface area contributed by atoms with Gasteiger partial charge in [0.2, 0.25) is 0 Å². The highest BCUT2D eigenvalue weighted by Crippen LogP contribution is 2.38. The minimum absolute atomic E-state index is 0.252. The first-order valence-electron chi connectivity index (χ1n) is 8.10. The second kappa shape index (κ2) is 7.05. The Bertz CT molecular complexity index is 567. The molecule has 0 aliphatic carbocycles. The molecule has 0 amide bonds. The second-order valence-electron chi connectivity index (χ2n) is 6.40. The third-order valence-corrected chi connectivity index (χ3v) is 5.21. The van der Waals surface area contributed by atoms with Gasteiger partial charge in [0.1, 0.15) is 5.82 Å². The van der Waals surface area contributed by atoms with E-state index in [0.29, 0.717) is 29.0 Å². The molecule has 1 spiro atoms. The van der Waals surface area contributed by atoms with E-state index in [9.17, 15) is 4.39 Å². The van der Waals surface area contributed by atoms with Crippen LogP contribution in [-0.4, -0.2) is 50.8 Å². The highest BCUT2D eigenvalue weighted by Gasteiger charge is 2.42. The molecule has 0 radical (unpaired) electrons. The molecule has 2 aliphatic rings. The molecule has 1 aromatic carbocycles. The Morgan fingerprint density at radius 2 is 2.35 bits per heavy atom. The summed E-state index contributed by atoms with van der Waals surface area (Å²) in [5, 5.41) is 3.81. The summed E-state index contributed by atoms with van der Waals surface area (Å²) >= 11 is 6.07. The average Bonchev–Trinajstić information content (AvgIpc) is 3.17. The highest BCUT2D eigenvalue weighted by molar-refractivity contribution is 6.31. The van der Waals surface area contributed by atoms with Crippen LogP contribution in [0.5, 0.6) is 0 Å². The van der Waals surface area contributed by atoms with E-state index in [1.54, 1.807) is 19.2 Å². The number of benzene rings is 1. The lowest BCUT2D eigenvalue weighted by Crippen LogP contribution is -2.42. The molecule has 1 N–H and O–H groups in total. The first-order chi connectivity index (χ1) is 11.1. The van der Waals surface area contributed by atoms with E-state index in [2.05, 4.69) is 15.2 Å². The molecule has 2 fully saturated rings. The quantitative estimate of drug-likeness (QED) is 0.679. The van der Waals surface area contributed by atoms with Crippen molar-refractivity contribution in [1.29, 1.82) is 0 Å². The number of likely N-dealkylation sites (tertiary alicyclic amines) is 1. The highest BCUT2D eigenvalue weighted by atomic mass is 35.5. The van der Waals surface area contributed by atoms with Gasteiger partial charge in [0, 0.05) is 49.3 Å². The number of hydrogen-bond donors (Lipinski definition) is 1. The lowest BCUT2D eigenvalue weighted by atomic mass is 9.87. The van der Waals surface area contributed by atoms with Crippen LogP contribution in [0.1, 0.15) is 18.4 Å². The zero-order valence-corrected chi connectivity index (χ0v) is 14.2. The predicted octanol–water partition coefficient (Wildman–Crippen LogP) is 2.71. The molecule has 1 aromatic rings. The van der Waals surface area contributed by atoms with Gasteiger partial charge in [-0.2, -0.15) is 0 Å². The Morgan fingerprint density at radius 3 is 3.04 bits per heavy atom. The molecule has 0 aromatic heterocycles. The summed E-state index contributed by atoms with van der Waals surface area (Å²) in [4.78, 5) is 6.64. The molecule has 126 valence electrons. The summed E-state index contributed by atoms with van der Waals surface area (Å²) in [5.41, 5.74) is 0.853. The van der Waals surface area contributed by atoms with Gasteiger partial charge >= 0.3 is 0 Å². The van der Waals surface area contributed by atoms with Crippen molar-refractivity contribution >= 4 is 17.6 Å². The molecule has 2 aliphatic heterocycles. The first kappa shape index (κ1) is 16.5. The summed E-state index contributed by atoms with van der Waals surface area (Å²) in [6, 6.07) is 4.79. The van der Waals surface area contributed by atoms with Crippen LogP contribution in [-0.2, 0) is 11.2 Å². The number of ether oxygens (including phenoxy) is 1. The van der Waals surface area contributed by atoms with Gasteiger partial charge in [0.05, 0.1) is 6.61 Å². The summed E-state index contributed by atoms with van der Waals surface area (Å²) in [6.45, 7) is 4.29. The second-order valence-corrected chi connectivity index (χ2v) is 6.81. The van der Waals surface area contributed by atoms with Crippen molar-refractivity contribution in [2.45, 2.75) is 19.3 Å². The van der Waals surface area contributed by atoms with E-state index in [4.69, 9.17) is 16.3 Å². The van der Waals surface area contributed by atoms with Crippen molar-refractivity contribution in [3.63, 3.8) is 0 Å². The Labute approximate surface area is 141 Å². The van der Waals surface area contributed by atoms with Crippen molar-refractivity contribution in [1.82, 2.24) is 10.2 Å². The maximum atomic E-state index is 13.8. The molecule has 1 unspecified atom stereocenters. The Hall–Kier alpha value is -1.33. The van der Waals surface area contributed by atoms with E-state index in [1.807, 2.05) is 0 Å². The van der Waals surface area contributed by atoms with E-state index in [0.717, 1.165) is 45.1 Å². The van der Waals surface area contributed by atoms with E-state index in [-0.39, 0.29) is 5.82 Å². The molecule has 1 atom stereocenters. The Kier molecular flexibility index (Phi) is 5.07. The lowest BCUT2D eigenvalue weighted by molar-refractivity contribution is 0.156. The van der Waals surface area contributed by atoms with E-state index in [1.165, 1.54) is 6.07 Å². The predicted molar refractivity (Wildman–Crippen MR) is 90.5 cm³/mol. The molecule has 6 heteroatoms. The van der Waals surface area contributed by atoms with Crippen LogP contribution in [0.2, 0.25) is 5.02 Å². The van der Waals surface area contributed by atoms with Crippen LogP contribution >= 0.6 is 11.6 Å². The SMILES string of the molecule is CN=C(NCCc1c(F)cccc1Cl)N1CCC2(CCOC2)C1. The first-order valence-corrected chi connectivity index (χ1v) is 8.48. The smallest absolute Gasteiger partial charge is 0.193 e. The summed E-state index contributed by atoms with van der Waals surface area (Å²) < 4.78 is 19.4. The third kappa shape index (κ3) is 3.61. The van der Waals surface area contributed by atoms with Gasteiger partial charge in [-0.15, -0.1) is 0 Å². The van der Waals surface area contributed by atoms with Crippen molar-refractivity contribution in [2.24, 2.45) is 10.4 Å². The van der Waals surface area contributed by atoms with Gasteiger partial charge in [0.25, 0.3) is 0 Å². The van der Waals surface area contributed by atoms with Crippen molar-refractivity contribution in [3.8, 4) is 0 Å². The van der Waals surface area contributed by atoms with Crippen molar-refractivity contribution < 1.29 is 9.13 Å². The molecule has 3 rings (SSSR count). The lowest BCUT2D eigenvalue weighted by Gasteiger charge is -2.25. The normalized spacial score (nSPS) is 24.7. The zero-order valence-electron chi connectivity index (χ0n) is 13.4. The fraction of sp³-hybridized carbons (Fsp3) is 0.588. The fourth-order valence-corrected chi connectivity index (χ4v) is 3.75. The van der Waals surface area contributed by atoms with Crippen LogP contribution in [0.4, 0.5) is 4.39 Å². The van der Waals surface area contributed by atoms with Crippen LogP contribution in [0.3, 0.4) is 0 Å². The van der Waals surface area contributed by atoms with Gasteiger partial charge in [-0.25, -0.2) is 4.39 Å². The maximum Gasteiger partial charge on any atom is 0.193 e. The zero-order chi connectivity index (χ0) is 16.3. The number of guanidine groups is 1. The summed E-state index contributed by atoms with van der Waals surface area (Å²) in [7, 11) is 1.79. The fourth-order valence-electron chi connectivity index (χ4n) is 3.49. The van der Waals surface area contributed by atoms with Gasteiger partial charge in [-0.05, 0) is 31.4 Å². The van der Waals surface area contributed by atoms with Gasteiger partial charge < -0.3 is 15.0 Å². The monoisotopic (exact) mass is 339 g/mol. The number of halogens is 2. The number of nitrogens with one attached hydrogen (secondary N) is 1. The molecule has 0 saturated carbocycles. The molecule has 2 heterocycles. The van der Waals surface area contributed by atoms with Gasteiger partial charge in [0.15, 0.2) is 5.96 Å². The van der Waals surface area contributed by atoms with Gasteiger partial charge in [-0.1, -0.05) is 17.7 Å². The number of rotatable bonds is 3.